The first-order valence-corrected chi connectivity index (χ1v) is 12.9. The largest absolute Gasteiger partial charge is 0.400 e. The molecule has 3 aromatic rings. The van der Waals surface area contributed by atoms with Crippen molar-refractivity contribution >= 4 is 27.6 Å². The first-order chi connectivity index (χ1) is 18.2. The minimum absolute atomic E-state index is 0.115. The number of fused-ring (bicyclic) bond motifs is 4. The first-order valence-electron chi connectivity index (χ1n) is 12.9. The lowest BCUT2D eigenvalue weighted by Gasteiger charge is -2.33. The number of hydrogen-bond acceptors (Lipinski definition) is 6. The third-order valence-electron chi connectivity index (χ3n) is 7.49. The number of halogens is 2. The summed E-state index contributed by atoms with van der Waals surface area (Å²) in [4.78, 5) is 4.78. The van der Waals surface area contributed by atoms with Crippen molar-refractivity contribution in [3.8, 4) is 0 Å². The van der Waals surface area contributed by atoms with Crippen molar-refractivity contribution in [3.63, 3.8) is 0 Å². The van der Waals surface area contributed by atoms with Crippen molar-refractivity contribution in [3.05, 3.63) is 82.9 Å². The zero-order valence-corrected chi connectivity index (χ0v) is 21.9. The second-order valence-corrected chi connectivity index (χ2v) is 10.4. The summed E-state index contributed by atoms with van der Waals surface area (Å²) in [6, 6.07) is 4.99. The summed E-state index contributed by atoms with van der Waals surface area (Å²) >= 11 is 0. The molecule has 9 heteroatoms. The second-order valence-electron chi connectivity index (χ2n) is 10.4. The monoisotopic (exact) mass is 520 g/mol. The number of ether oxygens (including phenoxy) is 1. The molecule has 4 heterocycles. The maximum atomic E-state index is 15.8. The van der Waals surface area contributed by atoms with E-state index in [-0.39, 0.29) is 34.8 Å². The number of nitrogens with two attached hydrogens (primary N) is 3. The maximum Gasteiger partial charge on any atom is 0.133 e. The SMILES string of the molecule is CC(C)c1cnc2c3cc(F)c4cc3n(c2c1)C(C1CCOCC1)/C(N)=C/C=C(F)\C=C/C(N)=C4N(C)N. The Balaban J connectivity index is 1.95. The predicted octanol–water partition coefficient (Wildman–Crippen LogP) is 5.12. The number of benzene rings is 1. The normalized spacial score (nSPS) is 23.1. The number of allylic oxidation sites excluding steroid dienone is 6. The van der Waals surface area contributed by atoms with E-state index in [4.69, 9.17) is 27.0 Å². The van der Waals surface area contributed by atoms with Gasteiger partial charge in [0.2, 0.25) is 0 Å². The van der Waals surface area contributed by atoms with Crippen LogP contribution in [-0.2, 0) is 4.74 Å². The fraction of sp³-hybridized carbons (Fsp3) is 0.345. The van der Waals surface area contributed by atoms with E-state index in [0.29, 0.717) is 29.8 Å². The van der Waals surface area contributed by atoms with Crippen molar-refractivity contribution < 1.29 is 13.5 Å². The Bertz CT molecular complexity index is 1510. The van der Waals surface area contributed by atoms with Gasteiger partial charge in [-0.15, -0.1) is 0 Å². The average Bonchev–Trinajstić information content (AvgIpc) is 3.19. The number of hydrazine groups is 1. The van der Waals surface area contributed by atoms with E-state index in [9.17, 15) is 4.39 Å². The van der Waals surface area contributed by atoms with Gasteiger partial charge in [0.05, 0.1) is 34.0 Å². The van der Waals surface area contributed by atoms with Gasteiger partial charge in [-0.3, -0.25) is 4.98 Å². The highest BCUT2D eigenvalue weighted by atomic mass is 19.1. The van der Waals surface area contributed by atoms with Gasteiger partial charge in [-0.05, 0) is 72.7 Å². The predicted molar refractivity (Wildman–Crippen MR) is 148 cm³/mol. The van der Waals surface area contributed by atoms with Crippen LogP contribution in [0.5, 0.6) is 0 Å². The van der Waals surface area contributed by atoms with Crippen LogP contribution >= 0.6 is 0 Å². The van der Waals surface area contributed by atoms with Crippen LogP contribution in [0.2, 0.25) is 0 Å². The molecule has 1 aromatic carbocycles. The highest BCUT2D eigenvalue weighted by molar-refractivity contribution is 6.07. The van der Waals surface area contributed by atoms with Crippen LogP contribution in [0.1, 0.15) is 49.8 Å². The van der Waals surface area contributed by atoms with Gasteiger partial charge < -0.3 is 25.8 Å². The van der Waals surface area contributed by atoms with Gasteiger partial charge in [-0.2, -0.15) is 0 Å². The highest BCUT2D eigenvalue weighted by Crippen LogP contribution is 2.41. The van der Waals surface area contributed by atoms with Gasteiger partial charge in [-0.1, -0.05) is 13.8 Å². The summed E-state index contributed by atoms with van der Waals surface area (Å²) in [5, 5.41) is 1.90. The number of pyridine rings is 1. The van der Waals surface area contributed by atoms with Gasteiger partial charge in [0.1, 0.15) is 11.6 Å². The Labute approximate surface area is 220 Å². The third-order valence-corrected chi connectivity index (χ3v) is 7.49. The topological polar surface area (TPSA) is 108 Å². The van der Waals surface area contributed by atoms with Crippen molar-refractivity contribution in [1.29, 1.82) is 0 Å². The van der Waals surface area contributed by atoms with E-state index in [1.165, 1.54) is 29.3 Å². The molecule has 0 amide bonds. The Morgan fingerprint density at radius 3 is 2.47 bits per heavy atom. The molecule has 2 aliphatic heterocycles. The standard InChI is InChI=1S/C29H34F2N6O/c1-16(2)18-12-26-27(35-15-18)21-13-22(31)20-14-25(21)37(26)28(17-8-10-38-11-9-17)23(32)6-4-19(30)5-7-24(33)29(20)36(3)34/h4-7,12-17,28H,8-11,32-34H2,1-3H3/b7-5-,19-4+,23-6-,29-24?. The van der Waals surface area contributed by atoms with Crippen LogP contribution in [0.3, 0.4) is 0 Å². The van der Waals surface area contributed by atoms with E-state index in [2.05, 4.69) is 24.5 Å². The van der Waals surface area contributed by atoms with Gasteiger partial charge >= 0.3 is 0 Å². The lowest BCUT2D eigenvalue weighted by atomic mass is 9.89. The molecule has 2 aliphatic rings. The molecule has 0 aliphatic carbocycles. The molecular weight excluding hydrogens is 486 g/mol. The maximum absolute atomic E-state index is 15.8. The molecule has 1 atom stereocenters. The van der Waals surface area contributed by atoms with E-state index in [0.717, 1.165) is 29.4 Å². The van der Waals surface area contributed by atoms with Gasteiger partial charge in [0.15, 0.2) is 0 Å². The fourth-order valence-electron chi connectivity index (χ4n) is 5.53. The number of rotatable bonds is 3. The molecule has 1 unspecified atom stereocenters. The molecule has 0 spiro atoms. The summed E-state index contributed by atoms with van der Waals surface area (Å²) in [6.45, 7) is 5.42. The van der Waals surface area contributed by atoms with Crippen molar-refractivity contribution in [2.75, 3.05) is 20.3 Å². The summed E-state index contributed by atoms with van der Waals surface area (Å²) in [5.41, 5.74) is 17.4. The first kappa shape index (κ1) is 25.9. The number of hydrogen-bond donors (Lipinski definition) is 3. The van der Waals surface area contributed by atoms with Crippen LogP contribution in [-0.4, -0.2) is 34.8 Å². The lowest BCUT2D eigenvalue weighted by molar-refractivity contribution is 0.0546. The molecule has 0 saturated carbocycles. The molecule has 6 N–H and O–H groups in total. The quantitative estimate of drug-likeness (QED) is 0.327. The Hall–Kier alpha value is -3.69. The summed E-state index contributed by atoms with van der Waals surface area (Å²) in [5.74, 6) is 5.42. The van der Waals surface area contributed by atoms with Crippen LogP contribution < -0.4 is 17.3 Å². The molecule has 0 radical (unpaired) electrons. The van der Waals surface area contributed by atoms with Gasteiger partial charge in [-0.25, -0.2) is 14.6 Å². The second kappa shape index (κ2) is 10.2. The molecule has 38 heavy (non-hydrogen) atoms. The van der Waals surface area contributed by atoms with Gasteiger partial charge in [0, 0.05) is 43.1 Å². The number of nitrogens with zero attached hydrogens (tertiary/aromatic N) is 3. The van der Waals surface area contributed by atoms with E-state index in [1.54, 1.807) is 19.2 Å². The average molecular weight is 521 g/mol. The van der Waals surface area contributed by atoms with E-state index in [1.807, 2.05) is 6.20 Å². The van der Waals surface area contributed by atoms with E-state index < -0.39 is 11.6 Å². The van der Waals surface area contributed by atoms with Crippen molar-refractivity contribution in [2.45, 2.75) is 38.6 Å². The van der Waals surface area contributed by atoms with Crippen molar-refractivity contribution in [2.24, 2.45) is 23.2 Å². The van der Waals surface area contributed by atoms with Crippen LogP contribution in [0.25, 0.3) is 27.6 Å². The minimum Gasteiger partial charge on any atom is -0.400 e. The molecule has 7 nitrogen and oxygen atoms in total. The molecule has 200 valence electrons. The van der Waals surface area contributed by atoms with Crippen LogP contribution in [0.15, 0.2) is 65.9 Å². The smallest absolute Gasteiger partial charge is 0.133 e. The summed E-state index contributed by atoms with van der Waals surface area (Å²) in [7, 11) is 1.57. The fourth-order valence-corrected chi connectivity index (χ4v) is 5.53. The summed E-state index contributed by atoms with van der Waals surface area (Å²) in [6.07, 6.45) is 8.92. The molecule has 1 fully saturated rings. The Morgan fingerprint density at radius 1 is 1.05 bits per heavy atom. The zero-order chi connectivity index (χ0) is 27.1. The molecule has 2 bridgehead atoms. The van der Waals surface area contributed by atoms with Crippen LogP contribution in [0, 0.1) is 11.7 Å². The van der Waals surface area contributed by atoms with E-state index >= 15 is 4.39 Å². The van der Waals surface area contributed by atoms with Crippen LogP contribution in [0.4, 0.5) is 8.78 Å². The highest BCUT2D eigenvalue weighted by Gasteiger charge is 2.31. The zero-order valence-electron chi connectivity index (χ0n) is 21.9. The number of aromatic nitrogens is 2. The van der Waals surface area contributed by atoms with Crippen molar-refractivity contribution in [1.82, 2.24) is 14.6 Å². The lowest BCUT2D eigenvalue weighted by Crippen LogP contribution is -2.30. The minimum atomic E-state index is -0.543. The van der Waals surface area contributed by atoms with Gasteiger partial charge in [0.25, 0.3) is 0 Å². The molecular formula is C29H34F2N6O. The molecule has 1 saturated heterocycles. The Morgan fingerprint density at radius 2 is 1.79 bits per heavy atom. The molecule has 2 aromatic heterocycles. The third kappa shape index (κ3) is 4.56. The Kier molecular flexibility index (Phi) is 6.98. The summed E-state index contributed by atoms with van der Waals surface area (Å²) < 4.78 is 38.4. The molecule has 5 rings (SSSR count).